The summed E-state index contributed by atoms with van der Waals surface area (Å²) in [4.78, 5) is 4.62. The lowest BCUT2D eigenvalue weighted by Crippen LogP contribution is -2.38. The molecule has 1 aromatic carbocycles. The number of oxazole rings is 1. The van der Waals surface area contributed by atoms with Gasteiger partial charge in [0.05, 0.1) is 0 Å². The number of fused-ring (bicyclic) bond motifs is 1. The van der Waals surface area contributed by atoms with Gasteiger partial charge in [-0.25, -0.2) is 4.98 Å². The Balaban J connectivity index is 1.75. The van der Waals surface area contributed by atoms with Crippen LogP contribution in [0.15, 0.2) is 33.9 Å². The fourth-order valence-corrected chi connectivity index (χ4v) is 4.35. The molecular formula is C17H24N2OS. The lowest BCUT2D eigenvalue weighted by molar-refractivity contribution is 0.402. The van der Waals surface area contributed by atoms with Gasteiger partial charge in [0, 0.05) is 11.3 Å². The maximum atomic E-state index is 5.89. The molecule has 1 fully saturated rings. The number of hydrogen-bond donors (Lipinski definition) is 1. The second-order valence-electron chi connectivity index (χ2n) is 5.76. The molecule has 21 heavy (non-hydrogen) atoms. The largest absolute Gasteiger partial charge is 0.431 e. The number of thioether (sulfide) groups is 1. The van der Waals surface area contributed by atoms with E-state index < -0.39 is 0 Å². The number of para-hydroxylation sites is 2. The van der Waals surface area contributed by atoms with Crippen LogP contribution < -0.4 is 5.32 Å². The first kappa shape index (κ1) is 14.9. The predicted molar refractivity (Wildman–Crippen MR) is 88.8 cm³/mol. The van der Waals surface area contributed by atoms with Gasteiger partial charge < -0.3 is 9.73 Å². The summed E-state index contributed by atoms with van der Waals surface area (Å²) in [5.41, 5.74) is 1.86. The van der Waals surface area contributed by atoms with Gasteiger partial charge in [0.25, 0.3) is 5.22 Å². The monoisotopic (exact) mass is 304 g/mol. The van der Waals surface area contributed by atoms with Crippen molar-refractivity contribution in [2.45, 2.75) is 62.0 Å². The fourth-order valence-electron chi connectivity index (χ4n) is 3.12. The van der Waals surface area contributed by atoms with Crippen LogP contribution in [-0.2, 0) is 0 Å². The van der Waals surface area contributed by atoms with Crippen LogP contribution in [0.2, 0.25) is 0 Å². The fraction of sp³-hybridized carbons (Fsp3) is 0.588. The van der Waals surface area contributed by atoms with Crippen LogP contribution in [0, 0.1) is 0 Å². The molecule has 0 saturated heterocycles. The molecule has 4 heteroatoms. The van der Waals surface area contributed by atoms with Gasteiger partial charge >= 0.3 is 0 Å². The lowest BCUT2D eigenvalue weighted by atomic mass is 9.96. The molecule has 0 spiro atoms. The van der Waals surface area contributed by atoms with E-state index in [1.54, 1.807) is 0 Å². The Morgan fingerprint density at radius 1 is 1.19 bits per heavy atom. The Kier molecular flexibility index (Phi) is 5.20. The smallest absolute Gasteiger partial charge is 0.257 e. The normalized spacial score (nSPS) is 23.9. The zero-order valence-corrected chi connectivity index (χ0v) is 13.5. The first-order valence-corrected chi connectivity index (χ1v) is 9.00. The number of rotatable bonds is 4. The second kappa shape index (κ2) is 7.32. The van der Waals surface area contributed by atoms with E-state index in [1.807, 2.05) is 36.0 Å². The van der Waals surface area contributed by atoms with Crippen LogP contribution in [-0.4, -0.2) is 22.8 Å². The highest BCUT2D eigenvalue weighted by molar-refractivity contribution is 7.99. The summed E-state index contributed by atoms with van der Waals surface area (Å²) in [5, 5.41) is 5.06. The summed E-state index contributed by atoms with van der Waals surface area (Å²) in [6.07, 6.45) is 7.92. The van der Waals surface area contributed by atoms with Gasteiger partial charge in [0.15, 0.2) is 5.58 Å². The van der Waals surface area contributed by atoms with Crippen molar-refractivity contribution < 1.29 is 4.42 Å². The van der Waals surface area contributed by atoms with E-state index in [9.17, 15) is 0 Å². The number of nitrogens with zero attached hydrogens (tertiary/aromatic N) is 1. The molecule has 1 aliphatic rings. The Bertz CT molecular complexity index is 536. The Morgan fingerprint density at radius 3 is 2.81 bits per heavy atom. The van der Waals surface area contributed by atoms with E-state index in [2.05, 4.69) is 17.2 Å². The molecule has 1 aliphatic carbocycles. The summed E-state index contributed by atoms with van der Waals surface area (Å²) in [6, 6.07) is 8.60. The molecule has 2 atom stereocenters. The average molecular weight is 304 g/mol. The maximum absolute atomic E-state index is 5.89. The maximum Gasteiger partial charge on any atom is 0.257 e. The van der Waals surface area contributed by atoms with E-state index in [0.717, 1.165) is 22.9 Å². The summed E-state index contributed by atoms with van der Waals surface area (Å²) >= 11 is 1.82. The molecule has 0 bridgehead atoms. The van der Waals surface area contributed by atoms with Gasteiger partial charge in [-0.15, -0.1) is 0 Å². The lowest BCUT2D eigenvalue weighted by Gasteiger charge is -2.28. The Morgan fingerprint density at radius 2 is 2.00 bits per heavy atom. The highest BCUT2D eigenvalue weighted by Crippen LogP contribution is 2.33. The van der Waals surface area contributed by atoms with Crippen molar-refractivity contribution in [3.05, 3.63) is 24.3 Å². The van der Waals surface area contributed by atoms with Gasteiger partial charge in [-0.1, -0.05) is 56.5 Å². The Hall–Kier alpha value is -1.00. The second-order valence-corrected chi connectivity index (χ2v) is 6.95. The van der Waals surface area contributed by atoms with Crippen molar-refractivity contribution in [3.8, 4) is 0 Å². The molecule has 1 heterocycles. The van der Waals surface area contributed by atoms with E-state index in [0.29, 0.717) is 11.3 Å². The zero-order chi connectivity index (χ0) is 14.5. The summed E-state index contributed by atoms with van der Waals surface area (Å²) in [7, 11) is 0. The third-order valence-electron chi connectivity index (χ3n) is 4.20. The molecule has 3 rings (SSSR count). The van der Waals surface area contributed by atoms with Crippen LogP contribution >= 0.6 is 11.8 Å². The van der Waals surface area contributed by atoms with E-state index in [1.165, 1.54) is 38.5 Å². The van der Waals surface area contributed by atoms with Crippen LogP contribution in [0.1, 0.15) is 45.4 Å². The van der Waals surface area contributed by atoms with Crippen molar-refractivity contribution in [1.29, 1.82) is 0 Å². The molecule has 3 nitrogen and oxygen atoms in total. The summed E-state index contributed by atoms with van der Waals surface area (Å²) in [6.45, 7) is 3.23. The zero-order valence-electron chi connectivity index (χ0n) is 12.7. The summed E-state index contributed by atoms with van der Waals surface area (Å²) < 4.78 is 5.89. The molecule has 1 saturated carbocycles. The minimum absolute atomic E-state index is 0.568. The first-order chi connectivity index (χ1) is 10.4. The molecule has 0 amide bonds. The predicted octanol–water partition coefficient (Wildman–Crippen LogP) is 4.62. The van der Waals surface area contributed by atoms with Gasteiger partial charge in [-0.3, -0.25) is 0 Å². The molecule has 2 aromatic rings. The van der Waals surface area contributed by atoms with Crippen molar-refractivity contribution in [2.24, 2.45) is 0 Å². The number of aromatic nitrogens is 1. The number of nitrogens with one attached hydrogen (secondary N) is 1. The Labute approximate surface area is 130 Å². The average Bonchev–Trinajstić information content (AvgIpc) is 2.88. The molecule has 0 aliphatic heterocycles. The molecule has 1 aromatic heterocycles. The third-order valence-corrected chi connectivity index (χ3v) is 5.44. The highest BCUT2D eigenvalue weighted by Gasteiger charge is 2.25. The quantitative estimate of drug-likeness (QED) is 0.894. The van der Waals surface area contributed by atoms with Gasteiger partial charge in [-0.05, 0) is 31.5 Å². The number of benzene rings is 1. The van der Waals surface area contributed by atoms with Crippen LogP contribution in [0.4, 0.5) is 0 Å². The van der Waals surface area contributed by atoms with Crippen molar-refractivity contribution in [2.75, 3.05) is 6.54 Å². The molecule has 0 radical (unpaired) electrons. The topological polar surface area (TPSA) is 38.1 Å². The minimum atomic E-state index is 0.568. The molecular weight excluding hydrogens is 280 g/mol. The van der Waals surface area contributed by atoms with Crippen molar-refractivity contribution >= 4 is 22.9 Å². The van der Waals surface area contributed by atoms with Gasteiger partial charge in [-0.2, -0.15) is 0 Å². The molecule has 114 valence electrons. The molecule has 1 N–H and O–H groups in total. The number of hydrogen-bond acceptors (Lipinski definition) is 4. The van der Waals surface area contributed by atoms with E-state index >= 15 is 0 Å². The van der Waals surface area contributed by atoms with Crippen LogP contribution in [0.5, 0.6) is 0 Å². The highest BCUT2D eigenvalue weighted by atomic mass is 32.2. The van der Waals surface area contributed by atoms with Crippen molar-refractivity contribution in [3.63, 3.8) is 0 Å². The third kappa shape index (κ3) is 3.80. The van der Waals surface area contributed by atoms with Crippen LogP contribution in [0.3, 0.4) is 0 Å². The van der Waals surface area contributed by atoms with Crippen LogP contribution in [0.25, 0.3) is 11.1 Å². The van der Waals surface area contributed by atoms with E-state index in [-0.39, 0.29) is 0 Å². The van der Waals surface area contributed by atoms with Gasteiger partial charge in [0.1, 0.15) is 5.52 Å². The SMILES string of the molecule is CCNC1CCCCCCC1Sc1nc2ccccc2o1. The summed E-state index contributed by atoms with van der Waals surface area (Å²) in [5.74, 6) is 0. The van der Waals surface area contributed by atoms with Gasteiger partial charge in [0.2, 0.25) is 0 Å². The standard InChI is InChI=1S/C17H24N2OS/c1-2-18-14-10-5-3-4-6-12-16(14)21-17-19-13-9-7-8-11-15(13)20-17/h7-9,11,14,16,18H,2-6,10,12H2,1H3. The minimum Gasteiger partial charge on any atom is -0.431 e. The first-order valence-electron chi connectivity index (χ1n) is 8.12. The van der Waals surface area contributed by atoms with Crippen molar-refractivity contribution in [1.82, 2.24) is 10.3 Å². The molecule has 2 unspecified atom stereocenters. The van der Waals surface area contributed by atoms with E-state index in [4.69, 9.17) is 4.42 Å².